The molecule has 25 heavy (non-hydrogen) atoms. The Hall–Kier alpha value is -1.98. The molecular formula is C20H16Br2N2O. The van der Waals surface area contributed by atoms with Gasteiger partial charge in [0.15, 0.2) is 18.9 Å². The van der Waals surface area contributed by atoms with Crippen LogP contribution >= 0.6 is 15.9 Å². The van der Waals surface area contributed by atoms with Gasteiger partial charge in [0.2, 0.25) is 5.78 Å². The van der Waals surface area contributed by atoms with Crippen LogP contribution in [0.25, 0.3) is 6.08 Å². The largest absolute Gasteiger partial charge is 1.00 e. The van der Waals surface area contributed by atoms with Crippen LogP contribution in [0.1, 0.15) is 21.6 Å². The fourth-order valence-electron chi connectivity index (χ4n) is 2.96. The molecule has 0 N–H and O–H groups in total. The van der Waals surface area contributed by atoms with Gasteiger partial charge in [0.05, 0.1) is 12.2 Å². The zero-order valence-corrected chi connectivity index (χ0v) is 16.6. The second kappa shape index (κ2) is 7.50. The summed E-state index contributed by atoms with van der Waals surface area (Å²) in [4.78, 5) is 12.3. The molecule has 2 aromatic heterocycles. The zero-order chi connectivity index (χ0) is 16.5. The molecule has 1 aliphatic rings. The Labute approximate surface area is 165 Å². The van der Waals surface area contributed by atoms with E-state index in [0.29, 0.717) is 6.54 Å². The van der Waals surface area contributed by atoms with Gasteiger partial charge in [-0.2, -0.15) is 0 Å². The van der Waals surface area contributed by atoms with Gasteiger partial charge in [-0.1, -0.05) is 28.1 Å². The van der Waals surface area contributed by atoms with Gasteiger partial charge in [0.25, 0.3) is 0 Å². The molecule has 1 aliphatic heterocycles. The van der Waals surface area contributed by atoms with Crippen LogP contribution in [0, 0.1) is 0 Å². The van der Waals surface area contributed by atoms with Crippen LogP contribution in [0.4, 0.5) is 0 Å². The molecule has 0 spiro atoms. The van der Waals surface area contributed by atoms with Gasteiger partial charge in [-0.05, 0) is 35.9 Å². The summed E-state index contributed by atoms with van der Waals surface area (Å²) in [6.07, 6.45) is 8.03. The second-order valence-electron chi connectivity index (χ2n) is 5.95. The summed E-state index contributed by atoms with van der Waals surface area (Å²) in [6.45, 7) is 1.49. The lowest BCUT2D eigenvalue weighted by Gasteiger charge is -2.00. The van der Waals surface area contributed by atoms with E-state index in [2.05, 4.69) is 44.8 Å². The molecule has 4 rings (SSSR count). The van der Waals surface area contributed by atoms with Gasteiger partial charge in [0.1, 0.15) is 0 Å². The Morgan fingerprint density at radius 2 is 1.80 bits per heavy atom. The maximum atomic E-state index is 12.3. The average molecular weight is 460 g/mol. The number of aromatic nitrogens is 2. The van der Waals surface area contributed by atoms with Crippen molar-refractivity contribution in [1.82, 2.24) is 4.57 Å². The number of carbonyl (C=O) groups excluding carboxylic acids is 1. The number of allylic oxidation sites excluding steroid dienone is 1. The first kappa shape index (κ1) is 17.8. The summed E-state index contributed by atoms with van der Waals surface area (Å²) in [5.74, 6) is 0.131. The van der Waals surface area contributed by atoms with E-state index in [1.165, 1.54) is 5.56 Å². The first-order valence-electron chi connectivity index (χ1n) is 7.83. The predicted octanol–water partition coefficient (Wildman–Crippen LogP) is 0.870. The van der Waals surface area contributed by atoms with Crippen LogP contribution in [0.2, 0.25) is 0 Å². The van der Waals surface area contributed by atoms with Crippen molar-refractivity contribution in [3.8, 4) is 0 Å². The van der Waals surface area contributed by atoms with E-state index in [1.54, 1.807) is 0 Å². The van der Waals surface area contributed by atoms with Gasteiger partial charge in [-0.3, -0.25) is 4.79 Å². The Morgan fingerprint density at radius 3 is 2.48 bits per heavy atom. The Kier molecular flexibility index (Phi) is 5.35. The molecule has 0 saturated heterocycles. The standard InChI is InChI=1S/C20H16BrN2O.BrH/c21-18-5-3-16(4-6-18)13-22-10-7-15(8-11-22)12-17-14-23-9-1-2-19(23)20(17)24;/h1-12H,13-14H2;1H/q+1;/p-1/b17-12-;. The summed E-state index contributed by atoms with van der Waals surface area (Å²) in [5.41, 5.74) is 3.93. The number of ketones is 1. The number of halogens is 2. The predicted molar refractivity (Wildman–Crippen MR) is 96.6 cm³/mol. The summed E-state index contributed by atoms with van der Waals surface area (Å²) in [6, 6.07) is 16.2. The summed E-state index contributed by atoms with van der Waals surface area (Å²) < 4.78 is 5.21. The van der Waals surface area contributed by atoms with Crippen LogP contribution in [0.3, 0.4) is 0 Å². The van der Waals surface area contributed by atoms with Crippen molar-refractivity contribution in [2.45, 2.75) is 13.1 Å². The van der Waals surface area contributed by atoms with Crippen LogP contribution in [0.5, 0.6) is 0 Å². The molecule has 0 atom stereocenters. The lowest BCUT2D eigenvalue weighted by atomic mass is 10.1. The van der Waals surface area contributed by atoms with Crippen LogP contribution < -0.4 is 21.5 Å². The quantitative estimate of drug-likeness (QED) is 0.421. The second-order valence-corrected chi connectivity index (χ2v) is 6.87. The van der Waals surface area contributed by atoms with Crippen molar-refractivity contribution in [2.75, 3.05) is 0 Å². The maximum Gasteiger partial charge on any atom is 0.207 e. The minimum atomic E-state index is 0. The normalized spacial score (nSPS) is 14.4. The monoisotopic (exact) mass is 458 g/mol. The summed E-state index contributed by atoms with van der Waals surface area (Å²) >= 11 is 3.45. The number of hydrogen-bond donors (Lipinski definition) is 0. The lowest BCUT2D eigenvalue weighted by molar-refractivity contribution is -0.688. The molecule has 0 fully saturated rings. The summed E-state index contributed by atoms with van der Waals surface area (Å²) in [7, 11) is 0. The summed E-state index contributed by atoms with van der Waals surface area (Å²) in [5, 5.41) is 0. The topological polar surface area (TPSA) is 25.9 Å². The highest BCUT2D eigenvalue weighted by atomic mass is 79.9. The van der Waals surface area contributed by atoms with Crippen molar-refractivity contribution in [3.63, 3.8) is 0 Å². The van der Waals surface area contributed by atoms with E-state index >= 15 is 0 Å². The molecule has 3 nitrogen and oxygen atoms in total. The van der Waals surface area contributed by atoms with Crippen molar-refractivity contribution in [3.05, 3.63) is 94.0 Å². The molecule has 0 aliphatic carbocycles. The number of Topliss-reactive ketones (excluding diaryl/α,β-unsaturated/α-hetero) is 1. The van der Waals surface area contributed by atoms with E-state index in [1.807, 2.05) is 53.5 Å². The van der Waals surface area contributed by atoms with E-state index in [9.17, 15) is 4.79 Å². The SMILES string of the molecule is O=C1/C(=C\c2cc[n+](Cc3ccc(Br)cc3)cc2)Cn2cccc21.[Br-]. The first-order valence-corrected chi connectivity index (χ1v) is 8.62. The van der Waals surface area contributed by atoms with Crippen molar-refractivity contribution in [1.29, 1.82) is 0 Å². The van der Waals surface area contributed by atoms with Gasteiger partial charge in [0, 0.05) is 33.9 Å². The van der Waals surface area contributed by atoms with Gasteiger partial charge >= 0.3 is 0 Å². The number of benzene rings is 1. The smallest absolute Gasteiger partial charge is 0.207 e. The molecule has 3 aromatic rings. The number of hydrogen-bond acceptors (Lipinski definition) is 1. The molecule has 5 heteroatoms. The first-order chi connectivity index (χ1) is 11.7. The van der Waals surface area contributed by atoms with Crippen LogP contribution in [-0.4, -0.2) is 10.4 Å². The average Bonchev–Trinajstić information content (AvgIpc) is 3.15. The molecule has 1 aromatic carbocycles. The minimum absolute atomic E-state index is 0. The highest BCUT2D eigenvalue weighted by molar-refractivity contribution is 9.10. The Morgan fingerprint density at radius 1 is 1.08 bits per heavy atom. The fourth-order valence-corrected chi connectivity index (χ4v) is 3.23. The fraction of sp³-hybridized carbons (Fsp3) is 0.100. The number of carbonyl (C=O) groups is 1. The van der Waals surface area contributed by atoms with E-state index in [4.69, 9.17) is 0 Å². The molecular weight excluding hydrogens is 444 g/mol. The van der Waals surface area contributed by atoms with Gasteiger partial charge in [-0.25, -0.2) is 4.57 Å². The minimum Gasteiger partial charge on any atom is -1.00 e. The maximum absolute atomic E-state index is 12.3. The molecule has 126 valence electrons. The van der Waals surface area contributed by atoms with Crippen molar-refractivity contribution < 1.29 is 26.3 Å². The Bertz CT molecular complexity index is 925. The van der Waals surface area contributed by atoms with Crippen molar-refractivity contribution >= 4 is 27.8 Å². The molecule has 0 radical (unpaired) electrons. The molecule has 3 heterocycles. The molecule has 0 bridgehead atoms. The van der Waals surface area contributed by atoms with Gasteiger partial charge < -0.3 is 21.5 Å². The highest BCUT2D eigenvalue weighted by Gasteiger charge is 2.23. The van der Waals surface area contributed by atoms with Crippen LogP contribution in [0.15, 0.2) is 77.2 Å². The third-order valence-electron chi connectivity index (χ3n) is 4.23. The number of fused-ring (bicyclic) bond motifs is 1. The number of pyridine rings is 1. The van der Waals surface area contributed by atoms with E-state index < -0.39 is 0 Å². The third-order valence-corrected chi connectivity index (χ3v) is 4.76. The lowest BCUT2D eigenvalue weighted by Crippen LogP contribution is -3.00. The third kappa shape index (κ3) is 3.83. The zero-order valence-electron chi connectivity index (χ0n) is 13.4. The molecule has 0 unspecified atom stereocenters. The Balaban J connectivity index is 0.00000182. The number of nitrogens with zero attached hydrogens (tertiary/aromatic N) is 2. The van der Waals surface area contributed by atoms with E-state index in [-0.39, 0.29) is 22.8 Å². The molecule has 0 saturated carbocycles. The number of rotatable bonds is 3. The highest BCUT2D eigenvalue weighted by Crippen LogP contribution is 2.22. The van der Waals surface area contributed by atoms with Gasteiger partial charge in [-0.15, -0.1) is 0 Å². The van der Waals surface area contributed by atoms with E-state index in [0.717, 1.165) is 27.8 Å². The molecule has 0 amide bonds. The van der Waals surface area contributed by atoms with Crippen LogP contribution in [-0.2, 0) is 13.1 Å². The van der Waals surface area contributed by atoms with Crippen molar-refractivity contribution in [2.24, 2.45) is 0 Å².